The van der Waals surface area contributed by atoms with Crippen LogP contribution in [0, 0.1) is 0 Å². The van der Waals surface area contributed by atoms with Crippen molar-refractivity contribution in [3.8, 4) is 22.4 Å². The number of benzene rings is 4. The molecule has 3 heterocycles. The molecule has 0 spiro atoms. The second kappa shape index (κ2) is 13.8. The van der Waals surface area contributed by atoms with Gasteiger partial charge >= 0.3 is 0 Å². The second-order valence-corrected chi connectivity index (χ2v) is 12.6. The van der Waals surface area contributed by atoms with Crippen LogP contribution in [0.4, 0.5) is 0 Å². The van der Waals surface area contributed by atoms with Crippen molar-refractivity contribution in [1.29, 1.82) is 0 Å². The summed E-state index contributed by atoms with van der Waals surface area (Å²) in [5, 5.41) is 4.21. The summed E-state index contributed by atoms with van der Waals surface area (Å²) in [6.45, 7) is 5.73. The standard InChI is InChI=1S/C40H42N4O/c45-40(41-28-30-13-12-18-33(27-30)31-14-4-1-5-15-31)38-35-19-8-9-20-37(35)42-39(32-16-6-2-7-17-32)36(38)29-43-25-21-34(22-26-43)44-23-10-3-11-24-44/h1-2,4-9,12-20,27,34H,3,10-11,21-26,28-29H2,(H,41,45). The van der Waals surface area contributed by atoms with E-state index >= 15 is 0 Å². The quantitative estimate of drug-likeness (QED) is 0.198. The number of hydrogen-bond donors (Lipinski definition) is 1. The fourth-order valence-corrected chi connectivity index (χ4v) is 7.21. The maximum absolute atomic E-state index is 14.3. The van der Waals surface area contributed by atoms with E-state index in [1.807, 2.05) is 36.4 Å². The van der Waals surface area contributed by atoms with Gasteiger partial charge in [0.25, 0.3) is 5.91 Å². The Morgan fingerprint density at radius 1 is 0.711 bits per heavy atom. The fourth-order valence-electron chi connectivity index (χ4n) is 7.21. The molecule has 2 fully saturated rings. The van der Waals surface area contributed by atoms with E-state index in [1.165, 1.54) is 50.8 Å². The smallest absolute Gasteiger partial charge is 0.252 e. The molecule has 2 aliphatic rings. The molecule has 2 saturated heterocycles. The number of likely N-dealkylation sites (tertiary alicyclic amines) is 2. The first-order valence-electron chi connectivity index (χ1n) is 16.6. The first kappa shape index (κ1) is 29.4. The number of para-hydroxylation sites is 1. The molecule has 1 aromatic heterocycles. The molecule has 1 amide bonds. The minimum Gasteiger partial charge on any atom is -0.348 e. The minimum absolute atomic E-state index is 0.0471. The van der Waals surface area contributed by atoms with E-state index in [2.05, 4.69) is 87.9 Å². The van der Waals surface area contributed by atoms with Crippen LogP contribution in [0.2, 0.25) is 0 Å². The van der Waals surface area contributed by atoms with Crippen molar-refractivity contribution in [3.63, 3.8) is 0 Å². The van der Waals surface area contributed by atoms with Crippen LogP contribution in [-0.4, -0.2) is 52.9 Å². The summed E-state index contributed by atoms with van der Waals surface area (Å²) in [5.74, 6) is -0.0471. The van der Waals surface area contributed by atoms with E-state index in [9.17, 15) is 4.79 Å². The molecule has 0 aliphatic carbocycles. The number of rotatable bonds is 8. The average Bonchev–Trinajstić information content (AvgIpc) is 3.12. The summed E-state index contributed by atoms with van der Waals surface area (Å²) in [5.41, 5.74) is 7.97. The van der Waals surface area contributed by atoms with Crippen molar-refractivity contribution in [2.45, 2.75) is 51.2 Å². The van der Waals surface area contributed by atoms with Crippen LogP contribution in [0.3, 0.4) is 0 Å². The monoisotopic (exact) mass is 594 g/mol. The van der Waals surface area contributed by atoms with Crippen LogP contribution >= 0.6 is 0 Å². The molecule has 45 heavy (non-hydrogen) atoms. The van der Waals surface area contributed by atoms with Crippen LogP contribution in [0.25, 0.3) is 33.3 Å². The summed E-state index contributed by atoms with van der Waals surface area (Å²) in [6, 6.07) is 38.0. The summed E-state index contributed by atoms with van der Waals surface area (Å²) >= 11 is 0. The number of nitrogens with zero attached hydrogens (tertiary/aromatic N) is 3. The van der Waals surface area contributed by atoms with Crippen LogP contribution in [0.5, 0.6) is 0 Å². The zero-order valence-electron chi connectivity index (χ0n) is 26.0. The highest BCUT2D eigenvalue weighted by atomic mass is 16.1. The highest BCUT2D eigenvalue weighted by Gasteiger charge is 2.28. The number of pyridine rings is 1. The van der Waals surface area contributed by atoms with Gasteiger partial charge in [-0.1, -0.05) is 103 Å². The van der Waals surface area contributed by atoms with Crippen molar-refractivity contribution in [3.05, 3.63) is 126 Å². The van der Waals surface area contributed by atoms with Crippen molar-refractivity contribution >= 4 is 16.8 Å². The first-order chi connectivity index (χ1) is 22.2. The molecule has 0 bridgehead atoms. The van der Waals surface area contributed by atoms with Crippen molar-refractivity contribution in [2.24, 2.45) is 0 Å². The van der Waals surface area contributed by atoms with Gasteiger partial charge in [-0.05, 0) is 80.7 Å². The Hall–Kier alpha value is -4.32. The third-order valence-corrected chi connectivity index (χ3v) is 9.60. The highest BCUT2D eigenvalue weighted by molar-refractivity contribution is 6.09. The van der Waals surface area contributed by atoms with Crippen molar-refractivity contribution < 1.29 is 4.79 Å². The molecule has 0 unspecified atom stereocenters. The normalized spacial score (nSPS) is 16.5. The van der Waals surface area contributed by atoms with Crippen molar-refractivity contribution in [1.82, 2.24) is 20.1 Å². The molecule has 5 nitrogen and oxygen atoms in total. The topological polar surface area (TPSA) is 48.5 Å². The van der Waals surface area contributed by atoms with E-state index in [-0.39, 0.29) is 5.91 Å². The summed E-state index contributed by atoms with van der Waals surface area (Å²) in [4.78, 5) is 24.8. The Morgan fingerprint density at radius 2 is 1.38 bits per heavy atom. The number of amides is 1. The highest BCUT2D eigenvalue weighted by Crippen LogP contribution is 2.33. The van der Waals surface area contributed by atoms with Crippen LogP contribution in [-0.2, 0) is 13.1 Å². The lowest BCUT2D eigenvalue weighted by atomic mass is 9.94. The third-order valence-electron chi connectivity index (χ3n) is 9.60. The largest absolute Gasteiger partial charge is 0.348 e. The summed E-state index contributed by atoms with van der Waals surface area (Å²) in [6.07, 6.45) is 6.40. The van der Waals surface area contributed by atoms with Gasteiger partial charge in [-0.15, -0.1) is 0 Å². The Balaban J connectivity index is 1.20. The predicted octanol–water partition coefficient (Wildman–Crippen LogP) is 7.95. The SMILES string of the molecule is O=C(NCc1cccc(-c2ccccc2)c1)c1c(CN2CCC(N3CCCCC3)CC2)c(-c2ccccc2)nc2ccccc12. The molecular weight excluding hydrogens is 552 g/mol. The van der Waals surface area contributed by atoms with E-state index in [0.29, 0.717) is 19.1 Å². The molecule has 228 valence electrons. The summed E-state index contributed by atoms with van der Waals surface area (Å²) < 4.78 is 0. The lowest BCUT2D eigenvalue weighted by Gasteiger charge is -2.40. The Bertz CT molecular complexity index is 1740. The number of aromatic nitrogens is 1. The zero-order valence-corrected chi connectivity index (χ0v) is 26.0. The van der Waals surface area contributed by atoms with Crippen molar-refractivity contribution in [2.75, 3.05) is 26.2 Å². The minimum atomic E-state index is -0.0471. The second-order valence-electron chi connectivity index (χ2n) is 12.6. The van der Waals surface area contributed by atoms with E-state index in [1.54, 1.807) is 0 Å². The number of carbonyl (C=O) groups excluding carboxylic acids is 1. The third kappa shape index (κ3) is 6.70. The molecule has 0 saturated carbocycles. The maximum atomic E-state index is 14.3. The van der Waals surface area contributed by atoms with Gasteiger partial charge in [0.05, 0.1) is 16.8 Å². The number of carbonyl (C=O) groups is 1. The van der Waals surface area contributed by atoms with Crippen LogP contribution < -0.4 is 5.32 Å². The maximum Gasteiger partial charge on any atom is 0.252 e. The lowest BCUT2D eigenvalue weighted by Crippen LogP contribution is -2.46. The number of fused-ring (bicyclic) bond motifs is 1. The van der Waals surface area contributed by atoms with E-state index < -0.39 is 0 Å². The van der Waals surface area contributed by atoms with E-state index in [4.69, 9.17) is 4.98 Å². The predicted molar refractivity (Wildman–Crippen MR) is 184 cm³/mol. The molecule has 1 N–H and O–H groups in total. The number of piperidine rings is 2. The van der Waals surface area contributed by atoms with Crippen LogP contribution in [0.15, 0.2) is 109 Å². The van der Waals surface area contributed by atoms with Gasteiger partial charge in [-0.25, -0.2) is 4.98 Å². The Labute approximate surface area is 266 Å². The van der Waals surface area contributed by atoms with Gasteiger partial charge in [0.1, 0.15) is 0 Å². The molecule has 4 aromatic carbocycles. The fraction of sp³-hybridized carbons (Fsp3) is 0.300. The molecule has 2 aliphatic heterocycles. The Morgan fingerprint density at radius 3 is 2.13 bits per heavy atom. The average molecular weight is 595 g/mol. The molecule has 5 aromatic rings. The molecule has 5 heteroatoms. The molecule has 0 atom stereocenters. The molecule has 0 radical (unpaired) electrons. The van der Waals surface area contributed by atoms with Crippen LogP contribution in [0.1, 0.15) is 53.6 Å². The summed E-state index contributed by atoms with van der Waals surface area (Å²) in [7, 11) is 0. The lowest BCUT2D eigenvalue weighted by molar-refractivity contribution is 0.0885. The number of hydrogen-bond acceptors (Lipinski definition) is 4. The van der Waals surface area contributed by atoms with Gasteiger partial charge < -0.3 is 10.2 Å². The molecule has 7 rings (SSSR count). The van der Waals surface area contributed by atoms with Gasteiger partial charge in [0.2, 0.25) is 0 Å². The van der Waals surface area contributed by atoms with E-state index in [0.717, 1.165) is 57.5 Å². The van der Waals surface area contributed by atoms with Gasteiger partial charge in [0.15, 0.2) is 0 Å². The number of nitrogens with one attached hydrogen (secondary N) is 1. The van der Waals surface area contributed by atoms with Gasteiger partial charge in [-0.3, -0.25) is 9.69 Å². The Kier molecular flexibility index (Phi) is 8.99. The molecular formula is C40H42N4O. The zero-order chi connectivity index (χ0) is 30.4. The first-order valence-corrected chi connectivity index (χ1v) is 16.6. The van der Waals surface area contributed by atoms with Gasteiger partial charge in [-0.2, -0.15) is 0 Å². The van der Waals surface area contributed by atoms with Gasteiger partial charge in [0, 0.05) is 35.6 Å².